The van der Waals surface area contributed by atoms with Crippen LogP contribution in [0.5, 0.6) is 0 Å². The van der Waals surface area contributed by atoms with Gasteiger partial charge in [-0.2, -0.15) is 0 Å². The first-order valence-electron chi connectivity index (χ1n) is 4.88. The van der Waals surface area contributed by atoms with E-state index in [1.54, 1.807) is 19.9 Å². The van der Waals surface area contributed by atoms with Crippen molar-refractivity contribution in [3.63, 3.8) is 0 Å². The molecule has 4 nitrogen and oxygen atoms in total. The van der Waals surface area contributed by atoms with E-state index < -0.39 is 15.6 Å². The molecule has 0 radical (unpaired) electrons. The van der Waals surface area contributed by atoms with E-state index in [4.69, 9.17) is 28.9 Å². The Morgan fingerprint density at radius 2 is 1.76 bits per heavy atom. The third kappa shape index (κ3) is 3.56. The van der Waals surface area contributed by atoms with Crippen LogP contribution in [0.25, 0.3) is 0 Å². The van der Waals surface area contributed by atoms with Crippen LogP contribution < -0.4 is 10.5 Å². The molecule has 1 rings (SSSR count). The second kappa shape index (κ2) is 5.12. The molecule has 0 aliphatic rings. The van der Waals surface area contributed by atoms with Crippen molar-refractivity contribution in [3.8, 4) is 0 Å². The molecule has 17 heavy (non-hydrogen) atoms. The van der Waals surface area contributed by atoms with E-state index in [1.165, 1.54) is 12.1 Å². The van der Waals surface area contributed by atoms with Crippen molar-refractivity contribution in [1.29, 1.82) is 0 Å². The zero-order valence-corrected chi connectivity index (χ0v) is 11.8. The van der Waals surface area contributed by atoms with Crippen LogP contribution >= 0.6 is 23.2 Å². The average molecular weight is 297 g/mol. The lowest BCUT2D eigenvalue weighted by molar-refractivity contribution is 0.462. The van der Waals surface area contributed by atoms with E-state index in [9.17, 15) is 8.42 Å². The standard InChI is InChI=1S/C10H14Cl2N2O2S/c1-10(2,6-13)14-17(15,16)9-7(11)4-3-5-8(9)12/h3-5,14H,6,13H2,1-2H3. The van der Waals surface area contributed by atoms with Gasteiger partial charge in [0.1, 0.15) is 4.90 Å². The molecule has 3 N–H and O–H groups in total. The summed E-state index contributed by atoms with van der Waals surface area (Å²) < 4.78 is 26.7. The monoisotopic (exact) mass is 296 g/mol. The molecule has 0 saturated carbocycles. The second-order valence-corrected chi connectivity index (χ2v) is 6.68. The van der Waals surface area contributed by atoms with E-state index in [0.717, 1.165) is 0 Å². The molecule has 0 fully saturated rings. The minimum Gasteiger partial charge on any atom is -0.329 e. The number of nitrogens with two attached hydrogens (primary N) is 1. The third-order valence-corrected chi connectivity index (χ3v) is 4.76. The number of nitrogens with one attached hydrogen (secondary N) is 1. The zero-order valence-electron chi connectivity index (χ0n) is 9.50. The first-order valence-corrected chi connectivity index (χ1v) is 7.11. The van der Waals surface area contributed by atoms with Crippen molar-refractivity contribution < 1.29 is 8.42 Å². The number of rotatable bonds is 4. The first-order chi connectivity index (χ1) is 7.69. The SMILES string of the molecule is CC(C)(CN)NS(=O)(=O)c1c(Cl)cccc1Cl. The number of hydrogen-bond acceptors (Lipinski definition) is 3. The van der Waals surface area contributed by atoms with E-state index in [1.807, 2.05) is 0 Å². The quantitative estimate of drug-likeness (QED) is 0.893. The summed E-state index contributed by atoms with van der Waals surface area (Å²) in [5, 5.41) is 0.163. The molecule has 0 aliphatic heterocycles. The minimum absolute atomic E-state index is 0.0813. The normalized spacial score (nSPS) is 12.8. The Morgan fingerprint density at radius 1 is 1.29 bits per heavy atom. The number of benzene rings is 1. The van der Waals surface area contributed by atoms with Gasteiger partial charge in [0.25, 0.3) is 0 Å². The maximum atomic E-state index is 12.1. The first kappa shape index (κ1) is 14.7. The Hall–Kier alpha value is -0.330. The topological polar surface area (TPSA) is 72.2 Å². The van der Waals surface area contributed by atoms with Crippen LogP contribution in [-0.4, -0.2) is 20.5 Å². The summed E-state index contributed by atoms with van der Waals surface area (Å²) in [7, 11) is -3.79. The highest BCUT2D eigenvalue weighted by atomic mass is 35.5. The maximum absolute atomic E-state index is 12.1. The average Bonchev–Trinajstić information content (AvgIpc) is 2.15. The second-order valence-electron chi connectivity index (χ2n) is 4.24. The summed E-state index contributed by atoms with van der Waals surface area (Å²) in [5.41, 5.74) is 4.71. The molecule has 0 spiro atoms. The molecule has 0 aromatic heterocycles. The fraction of sp³-hybridized carbons (Fsp3) is 0.400. The minimum atomic E-state index is -3.79. The van der Waals surface area contributed by atoms with E-state index in [-0.39, 0.29) is 21.5 Å². The third-order valence-electron chi connectivity index (χ3n) is 2.11. The van der Waals surface area contributed by atoms with Crippen molar-refractivity contribution in [2.75, 3.05) is 6.54 Å². The molecular weight excluding hydrogens is 283 g/mol. The van der Waals surface area contributed by atoms with Crippen LogP contribution in [-0.2, 0) is 10.0 Å². The molecule has 0 saturated heterocycles. The van der Waals surface area contributed by atoms with Gasteiger partial charge in [0.2, 0.25) is 10.0 Å². The number of sulfonamides is 1. The van der Waals surface area contributed by atoms with Gasteiger partial charge < -0.3 is 5.73 Å². The molecule has 96 valence electrons. The summed E-state index contributed by atoms with van der Waals surface area (Å²) >= 11 is 11.7. The Kier molecular flexibility index (Phi) is 4.43. The summed E-state index contributed by atoms with van der Waals surface area (Å²) in [6.45, 7) is 3.51. The fourth-order valence-corrected chi connectivity index (χ4v) is 3.76. The molecule has 0 bridgehead atoms. The molecular formula is C10H14Cl2N2O2S. The Labute approximate surface area is 111 Å². The smallest absolute Gasteiger partial charge is 0.244 e. The van der Waals surface area contributed by atoms with Gasteiger partial charge in [-0.05, 0) is 26.0 Å². The molecule has 0 atom stereocenters. The molecule has 1 aromatic carbocycles. The molecule has 0 amide bonds. The summed E-state index contributed by atoms with van der Waals surface area (Å²) in [5.74, 6) is 0. The lowest BCUT2D eigenvalue weighted by atomic mass is 10.1. The van der Waals surface area contributed by atoms with Crippen LogP contribution in [0.4, 0.5) is 0 Å². The summed E-state index contributed by atoms with van der Waals surface area (Å²) in [4.78, 5) is -0.121. The van der Waals surface area contributed by atoms with Crippen molar-refractivity contribution in [2.24, 2.45) is 5.73 Å². The number of hydrogen-bond donors (Lipinski definition) is 2. The summed E-state index contributed by atoms with van der Waals surface area (Å²) in [6.07, 6.45) is 0. The summed E-state index contributed by atoms with van der Waals surface area (Å²) in [6, 6.07) is 4.52. The van der Waals surface area contributed by atoms with Gasteiger partial charge >= 0.3 is 0 Å². The molecule has 7 heteroatoms. The van der Waals surface area contributed by atoms with Gasteiger partial charge in [0.15, 0.2) is 0 Å². The predicted molar refractivity (Wildman–Crippen MR) is 69.9 cm³/mol. The van der Waals surface area contributed by atoms with Gasteiger partial charge in [-0.25, -0.2) is 13.1 Å². The van der Waals surface area contributed by atoms with Gasteiger partial charge in [-0.3, -0.25) is 0 Å². The predicted octanol–water partition coefficient (Wildman–Crippen LogP) is 2.01. The van der Waals surface area contributed by atoms with Crippen LogP contribution in [0.2, 0.25) is 10.0 Å². The van der Waals surface area contributed by atoms with Gasteiger partial charge in [0.05, 0.1) is 10.0 Å². The van der Waals surface area contributed by atoms with Crippen molar-refractivity contribution in [1.82, 2.24) is 4.72 Å². The van der Waals surface area contributed by atoms with Crippen LogP contribution in [0, 0.1) is 0 Å². The van der Waals surface area contributed by atoms with E-state index >= 15 is 0 Å². The van der Waals surface area contributed by atoms with Crippen molar-refractivity contribution in [2.45, 2.75) is 24.3 Å². The van der Waals surface area contributed by atoms with E-state index in [0.29, 0.717) is 0 Å². The molecule has 0 aliphatic carbocycles. The Balaban J connectivity index is 3.24. The molecule has 1 aromatic rings. The van der Waals surface area contributed by atoms with Crippen LogP contribution in [0.15, 0.2) is 23.1 Å². The van der Waals surface area contributed by atoms with Crippen LogP contribution in [0.3, 0.4) is 0 Å². The highest BCUT2D eigenvalue weighted by molar-refractivity contribution is 7.89. The molecule has 0 heterocycles. The highest BCUT2D eigenvalue weighted by Crippen LogP contribution is 2.29. The van der Waals surface area contributed by atoms with Gasteiger partial charge in [-0.1, -0.05) is 29.3 Å². The van der Waals surface area contributed by atoms with E-state index in [2.05, 4.69) is 4.72 Å². The Bertz CT molecular complexity index is 495. The fourth-order valence-electron chi connectivity index (χ4n) is 1.20. The number of halogens is 2. The zero-order chi connectivity index (χ0) is 13.3. The van der Waals surface area contributed by atoms with Gasteiger partial charge in [0, 0.05) is 12.1 Å². The van der Waals surface area contributed by atoms with Crippen LogP contribution in [0.1, 0.15) is 13.8 Å². The van der Waals surface area contributed by atoms with Gasteiger partial charge in [-0.15, -0.1) is 0 Å². The van der Waals surface area contributed by atoms with Crippen molar-refractivity contribution in [3.05, 3.63) is 28.2 Å². The Morgan fingerprint density at radius 3 is 2.18 bits per heavy atom. The highest BCUT2D eigenvalue weighted by Gasteiger charge is 2.28. The van der Waals surface area contributed by atoms with Crippen molar-refractivity contribution >= 4 is 33.2 Å². The lowest BCUT2D eigenvalue weighted by Gasteiger charge is -2.24. The lowest BCUT2D eigenvalue weighted by Crippen LogP contribution is -2.48. The maximum Gasteiger partial charge on any atom is 0.244 e. The molecule has 0 unspecified atom stereocenters. The largest absolute Gasteiger partial charge is 0.329 e.